The van der Waals surface area contributed by atoms with E-state index >= 15 is 0 Å². The third kappa shape index (κ3) is 3.47. The van der Waals surface area contributed by atoms with Gasteiger partial charge in [-0.2, -0.15) is 0 Å². The molecule has 0 radical (unpaired) electrons. The average Bonchev–Trinajstić information content (AvgIpc) is 2.28. The van der Waals surface area contributed by atoms with Gasteiger partial charge < -0.3 is 15.6 Å². The summed E-state index contributed by atoms with van der Waals surface area (Å²) in [6.07, 6.45) is 0.402. The van der Waals surface area contributed by atoms with Crippen molar-refractivity contribution >= 4 is 5.97 Å². The highest BCUT2D eigenvalue weighted by Crippen LogP contribution is 2.29. The minimum Gasteiger partial charge on any atom is -0.508 e. The number of benzene rings is 1. The lowest BCUT2D eigenvalue weighted by atomic mass is 9.82. The highest BCUT2D eigenvalue weighted by atomic mass is 16.5. The van der Waals surface area contributed by atoms with Crippen molar-refractivity contribution in [3.05, 3.63) is 29.3 Å². The lowest BCUT2D eigenvalue weighted by molar-refractivity contribution is -0.142. The van der Waals surface area contributed by atoms with E-state index in [1.807, 2.05) is 0 Å². The number of ether oxygens (including phenoxy) is 1. The predicted molar refractivity (Wildman–Crippen MR) is 70.5 cm³/mol. The number of phenols is 1. The molecule has 0 aliphatic rings. The van der Waals surface area contributed by atoms with E-state index < -0.39 is 12.0 Å². The van der Waals surface area contributed by atoms with E-state index in [0.717, 1.165) is 11.1 Å². The van der Waals surface area contributed by atoms with Gasteiger partial charge in [0.2, 0.25) is 0 Å². The monoisotopic (exact) mass is 251 g/mol. The molecule has 4 heteroatoms. The predicted octanol–water partition coefficient (Wildman–Crippen LogP) is 1.73. The number of hydrogen-bond acceptors (Lipinski definition) is 4. The van der Waals surface area contributed by atoms with Crippen molar-refractivity contribution in [2.45, 2.75) is 38.6 Å². The number of methoxy groups -OCH3 is 1. The molecule has 0 fully saturated rings. The molecule has 18 heavy (non-hydrogen) atoms. The summed E-state index contributed by atoms with van der Waals surface area (Å²) in [5.74, 6) is -0.210. The maximum atomic E-state index is 11.3. The van der Waals surface area contributed by atoms with Crippen molar-refractivity contribution in [2.24, 2.45) is 5.73 Å². The molecule has 0 bridgehead atoms. The van der Waals surface area contributed by atoms with Crippen molar-refractivity contribution in [1.29, 1.82) is 0 Å². The number of aromatic hydroxyl groups is 1. The minimum atomic E-state index is -0.680. The van der Waals surface area contributed by atoms with Crippen molar-refractivity contribution in [2.75, 3.05) is 7.11 Å². The summed E-state index contributed by atoms with van der Waals surface area (Å²) >= 11 is 0. The molecule has 0 amide bonds. The number of phenolic OH excluding ortho intramolecular Hbond substituents is 1. The standard InChI is InChI=1S/C14H21NO3/c1-14(2,3)11-8-10(16)6-5-9(11)7-12(15)13(17)18-4/h5-6,8,12,16H,7,15H2,1-4H3/t12-/m0/s1. The van der Waals surface area contributed by atoms with Gasteiger partial charge in [-0.25, -0.2) is 0 Å². The van der Waals surface area contributed by atoms with Crippen LogP contribution in [0.3, 0.4) is 0 Å². The molecule has 0 aliphatic carbocycles. The van der Waals surface area contributed by atoms with Crippen LogP contribution in [0.5, 0.6) is 5.75 Å². The van der Waals surface area contributed by atoms with E-state index in [1.165, 1.54) is 7.11 Å². The summed E-state index contributed by atoms with van der Waals surface area (Å²) in [7, 11) is 1.32. The third-order valence-electron chi connectivity index (χ3n) is 2.85. The molecular weight excluding hydrogens is 230 g/mol. The highest BCUT2D eigenvalue weighted by molar-refractivity contribution is 5.75. The first kappa shape index (κ1) is 14.5. The Morgan fingerprint density at radius 2 is 2.06 bits per heavy atom. The van der Waals surface area contributed by atoms with E-state index in [-0.39, 0.29) is 11.2 Å². The first-order valence-electron chi connectivity index (χ1n) is 5.91. The van der Waals surface area contributed by atoms with Gasteiger partial charge in [0.1, 0.15) is 11.8 Å². The molecule has 0 aromatic heterocycles. The van der Waals surface area contributed by atoms with Gasteiger partial charge >= 0.3 is 5.97 Å². The fraction of sp³-hybridized carbons (Fsp3) is 0.500. The normalized spacial score (nSPS) is 13.2. The van der Waals surface area contributed by atoms with Crippen LogP contribution in [0, 0.1) is 0 Å². The van der Waals surface area contributed by atoms with Crippen molar-refractivity contribution in [3.8, 4) is 5.75 Å². The van der Waals surface area contributed by atoms with Crippen LogP contribution >= 0.6 is 0 Å². The molecule has 0 heterocycles. The first-order valence-corrected chi connectivity index (χ1v) is 5.91. The Morgan fingerprint density at radius 1 is 1.44 bits per heavy atom. The Labute approximate surface area is 108 Å². The summed E-state index contributed by atoms with van der Waals surface area (Å²) in [6, 6.07) is 4.45. The van der Waals surface area contributed by atoms with E-state index in [0.29, 0.717) is 6.42 Å². The topological polar surface area (TPSA) is 72.5 Å². The summed E-state index contributed by atoms with van der Waals surface area (Å²) in [5, 5.41) is 9.57. The first-order chi connectivity index (χ1) is 8.25. The van der Waals surface area contributed by atoms with Gasteiger partial charge in [-0.05, 0) is 35.1 Å². The van der Waals surface area contributed by atoms with Gasteiger partial charge in [-0.1, -0.05) is 26.8 Å². The van der Waals surface area contributed by atoms with Crippen molar-refractivity contribution < 1.29 is 14.6 Å². The molecule has 0 spiro atoms. The molecule has 0 saturated heterocycles. The smallest absolute Gasteiger partial charge is 0.322 e. The molecular formula is C14H21NO3. The number of esters is 1. The lowest BCUT2D eigenvalue weighted by Crippen LogP contribution is -2.34. The number of rotatable bonds is 3. The minimum absolute atomic E-state index is 0.121. The Morgan fingerprint density at radius 3 is 2.56 bits per heavy atom. The van der Waals surface area contributed by atoms with Gasteiger partial charge in [0.25, 0.3) is 0 Å². The van der Waals surface area contributed by atoms with Crippen LogP contribution in [0.1, 0.15) is 31.9 Å². The van der Waals surface area contributed by atoms with Crippen LogP contribution in [-0.4, -0.2) is 24.2 Å². The molecule has 1 aromatic rings. The van der Waals surface area contributed by atoms with Gasteiger partial charge in [0.15, 0.2) is 0 Å². The van der Waals surface area contributed by atoms with Gasteiger partial charge in [0.05, 0.1) is 7.11 Å². The van der Waals surface area contributed by atoms with Gasteiger partial charge in [0, 0.05) is 0 Å². The second-order valence-electron chi connectivity index (χ2n) is 5.43. The number of carbonyl (C=O) groups is 1. The zero-order valence-electron chi connectivity index (χ0n) is 11.4. The highest BCUT2D eigenvalue weighted by Gasteiger charge is 2.22. The van der Waals surface area contributed by atoms with Gasteiger partial charge in [-0.15, -0.1) is 0 Å². The van der Waals surface area contributed by atoms with E-state index in [9.17, 15) is 9.90 Å². The van der Waals surface area contributed by atoms with Crippen molar-refractivity contribution in [1.82, 2.24) is 0 Å². The van der Waals surface area contributed by atoms with Gasteiger partial charge in [-0.3, -0.25) is 4.79 Å². The quantitative estimate of drug-likeness (QED) is 0.802. The number of hydrogen-bond donors (Lipinski definition) is 2. The van der Waals surface area contributed by atoms with E-state index in [2.05, 4.69) is 25.5 Å². The average molecular weight is 251 g/mol. The molecule has 3 N–H and O–H groups in total. The Kier molecular flexibility index (Phi) is 4.35. The largest absolute Gasteiger partial charge is 0.508 e. The summed E-state index contributed by atoms with van der Waals surface area (Å²) in [6.45, 7) is 6.15. The fourth-order valence-electron chi connectivity index (χ4n) is 1.91. The molecule has 0 unspecified atom stereocenters. The van der Waals surface area contributed by atoms with Crippen LogP contribution < -0.4 is 5.73 Å². The maximum Gasteiger partial charge on any atom is 0.322 e. The molecule has 0 saturated carbocycles. The molecule has 4 nitrogen and oxygen atoms in total. The van der Waals surface area contributed by atoms with Crippen LogP contribution in [0.4, 0.5) is 0 Å². The van der Waals surface area contributed by atoms with E-state index in [1.54, 1.807) is 18.2 Å². The molecule has 0 aliphatic heterocycles. The zero-order valence-corrected chi connectivity index (χ0v) is 11.4. The van der Waals surface area contributed by atoms with Crippen LogP contribution in [0.15, 0.2) is 18.2 Å². The molecule has 1 atom stereocenters. The second kappa shape index (κ2) is 5.40. The Balaban J connectivity index is 3.06. The van der Waals surface area contributed by atoms with Crippen molar-refractivity contribution in [3.63, 3.8) is 0 Å². The van der Waals surface area contributed by atoms with E-state index in [4.69, 9.17) is 5.73 Å². The molecule has 100 valence electrons. The van der Waals surface area contributed by atoms with Crippen LogP contribution in [0.25, 0.3) is 0 Å². The second-order valence-corrected chi connectivity index (χ2v) is 5.43. The summed E-state index contributed by atoms with van der Waals surface area (Å²) in [4.78, 5) is 11.3. The Hall–Kier alpha value is -1.55. The molecule has 1 rings (SSSR count). The number of carbonyl (C=O) groups excluding carboxylic acids is 1. The third-order valence-corrected chi connectivity index (χ3v) is 2.85. The summed E-state index contributed by atoms with van der Waals surface area (Å²) in [5.41, 5.74) is 7.60. The SMILES string of the molecule is COC(=O)[C@@H](N)Cc1ccc(O)cc1C(C)(C)C. The van der Waals surface area contributed by atoms with Crippen LogP contribution in [0.2, 0.25) is 0 Å². The van der Waals surface area contributed by atoms with Crippen LogP contribution in [-0.2, 0) is 21.4 Å². The zero-order chi connectivity index (χ0) is 13.9. The molecule has 1 aromatic carbocycles. The number of nitrogens with two attached hydrogens (primary N) is 1. The summed E-state index contributed by atoms with van der Waals surface area (Å²) < 4.78 is 4.62. The lowest BCUT2D eigenvalue weighted by Gasteiger charge is -2.24. The Bertz CT molecular complexity index is 435. The fourth-order valence-corrected chi connectivity index (χ4v) is 1.91. The maximum absolute atomic E-state index is 11.3.